The molecule has 0 spiro atoms. The number of piperazine rings is 1. The second-order valence-electron chi connectivity index (χ2n) is 5.41. The number of ether oxygens (including phenoxy) is 1. The number of nitrogens with one attached hydrogen (secondary N) is 1. The number of likely N-dealkylation sites (N-methyl/N-ethyl adjacent to an activating group) is 1. The van der Waals surface area contributed by atoms with Crippen molar-refractivity contribution >= 4 is 5.91 Å². The molecule has 1 aromatic carbocycles. The second kappa shape index (κ2) is 6.76. The van der Waals surface area contributed by atoms with Crippen molar-refractivity contribution in [3.63, 3.8) is 0 Å². The smallest absolute Gasteiger partial charge is 0.261 e. The highest BCUT2D eigenvalue weighted by Gasteiger charge is 2.26. The van der Waals surface area contributed by atoms with Crippen LogP contribution in [-0.2, 0) is 4.79 Å². The lowest BCUT2D eigenvalue weighted by atomic mass is 10.2. The summed E-state index contributed by atoms with van der Waals surface area (Å²) in [6.07, 6.45) is 0. The molecule has 1 amide bonds. The van der Waals surface area contributed by atoms with Gasteiger partial charge in [-0.15, -0.1) is 0 Å². The lowest BCUT2D eigenvalue weighted by molar-refractivity contribution is -0.119. The highest BCUT2D eigenvalue weighted by atomic mass is 16.5. The molecule has 3 rings (SSSR count). The minimum atomic E-state index is -0.541. The lowest BCUT2D eigenvalue weighted by Crippen LogP contribution is -2.44. The summed E-state index contributed by atoms with van der Waals surface area (Å²) in [4.78, 5) is 17.6. The maximum Gasteiger partial charge on any atom is 0.261 e. The van der Waals surface area contributed by atoms with Crippen molar-refractivity contribution in [3.8, 4) is 17.2 Å². The minimum absolute atomic E-state index is 0.0694. The van der Waals surface area contributed by atoms with Gasteiger partial charge >= 0.3 is 0 Å². The van der Waals surface area contributed by atoms with Crippen molar-refractivity contribution in [2.24, 2.45) is 5.73 Å². The standard InChI is InChI=1S/C15H19N5O3/c1-20-7-6-17-8-11(20)14-18-15(23-19-14)10-4-2-3-5-12(10)22-9-13(16)21/h2-5,11,17H,6-9H2,1H3,(H2,16,21). The van der Waals surface area contributed by atoms with Gasteiger partial charge in [-0.05, 0) is 19.2 Å². The number of nitrogens with zero attached hydrogens (tertiary/aromatic N) is 3. The Kier molecular flexibility index (Phi) is 4.54. The van der Waals surface area contributed by atoms with E-state index in [0.29, 0.717) is 23.0 Å². The largest absolute Gasteiger partial charge is 0.483 e. The fraction of sp³-hybridized carbons (Fsp3) is 0.400. The van der Waals surface area contributed by atoms with Gasteiger partial charge in [0.05, 0.1) is 11.6 Å². The Bertz CT molecular complexity index is 687. The molecule has 0 bridgehead atoms. The number of hydrogen-bond donors (Lipinski definition) is 2. The summed E-state index contributed by atoms with van der Waals surface area (Å²) in [5.41, 5.74) is 5.76. The Balaban J connectivity index is 1.84. The van der Waals surface area contributed by atoms with E-state index < -0.39 is 5.91 Å². The summed E-state index contributed by atoms with van der Waals surface area (Å²) in [6.45, 7) is 2.44. The van der Waals surface area contributed by atoms with E-state index in [0.717, 1.165) is 19.6 Å². The monoisotopic (exact) mass is 317 g/mol. The number of rotatable bonds is 5. The van der Waals surface area contributed by atoms with Crippen LogP contribution in [0.1, 0.15) is 11.9 Å². The molecule has 2 heterocycles. The molecular weight excluding hydrogens is 298 g/mol. The predicted octanol–water partition coefficient (Wildman–Crippen LogP) is 0.177. The maximum absolute atomic E-state index is 10.9. The SMILES string of the molecule is CN1CCNCC1c1noc(-c2ccccc2OCC(N)=O)n1. The Morgan fingerprint density at radius 2 is 2.35 bits per heavy atom. The molecule has 0 saturated carbocycles. The Labute approximate surface area is 133 Å². The summed E-state index contributed by atoms with van der Waals surface area (Å²) >= 11 is 0. The molecule has 1 atom stereocenters. The summed E-state index contributed by atoms with van der Waals surface area (Å²) in [5, 5.41) is 7.41. The molecule has 23 heavy (non-hydrogen) atoms. The molecule has 8 nitrogen and oxygen atoms in total. The summed E-state index contributed by atoms with van der Waals surface area (Å²) < 4.78 is 10.8. The van der Waals surface area contributed by atoms with Gasteiger partial charge in [0.2, 0.25) is 0 Å². The first kappa shape index (κ1) is 15.4. The first-order valence-electron chi connectivity index (χ1n) is 7.40. The molecule has 1 aliphatic rings. The van der Waals surface area contributed by atoms with Crippen molar-refractivity contribution in [1.29, 1.82) is 0 Å². The molecule has 0 aliphatic carbocycles. The van der Waals surface area contributed by atoms with Crippen LogP contribution < -0.4 is 15.8 Å². The van der Waals surface area contributed by atoms with Gasteiger partial charge in [0, 0.05) is 19.6 Å². The van der Waals surface area contributed by atoms with Crippen LogP contribution in [-0.4, -0.2) is 54.2 Å². The van der Waals surface area contributed by atoms with E-state index in [1.807, 2.05) is 13.1 Å². The van der Waals surface area contributed by atoms with Crippen LogP contribution in [0.5, 0.6) is 5.75 Å². The van der Waals surface area contributed by atoms with Crippen LogP contribution in [0.15, 0.2) is 28.8 Å². The second-order valence-corrected chi connectivity index (χ2v) is 5.41. The quantitative estimate of drug-likeness (QED) is 0.810. The van der Waals surface area contributed by atoms with Gasteiger partial charge < -0.3 is 20.3 Å². The summed E-state index contributed by atoms with van der Waals surface area (Å²) in [7, 11) is 2.03. The number of benzene rings is 1. The van der Waals surface area contributed by atoms with E-state index in [1.54, 1.807) is 18.2 Å². The zero-order valence-corrected chi connectivity index (χ0v) is 12.9. The zero-order valence-electron chi connectivity index (χ0n) is 12.9. The topological polar surface area (TPSA) is 107 Å². The number of carbonyl (C=O) groups excluding carboxylic acids is 1. The Morgan fingerprint density at radius 1 is 1.52 bits per heavy atom. The molecular formula is C15H19N5O3. The molecule has 8 heteroatoms. The van der Waals surface area contributed by atoms with Crippen LogP contribution in [0.2, 0.25) is 0 Å². The fourth-order valence-corrected chi connectivity index (χ4v) is 2.49. The average molecular weight is 317 g/mol. The van der Waals surface area contributed by atoms with Crippen LogP contribution in [0.25, 0.3) is 11.5 Å². The van der Waals surface area contributed by atoms with E-state index in [-0.39, 0.29) is 12.6 Å². The van der Waals surface area contributed by atoms with Crippen LogP contribution in [0.3, 0.4) is 0 Å². The van der Waals surface area contributed by atoms with Crippen molar-refractivity contribution in [2.45, 2.75) is 6.04 Å². The lowest BCUT2D eigenvalue weighted by Gasteiger charge is -2.30. The Hall–Kier alpha value is -2.45. The predicted molar refractivity (Wildman–Crippen MR) is 82.7 cm³/mol. The highest BCUT2D eigenvalue weighted by Crippen LogP contribution is 2.30. The van der Waals surface area contributed by atoms with Gasteiger partial charge in [-0.3, -0.25) is 9.69 Å². The number of primary amides is 1. The van der Waals surface area contributed by atoms with Crippen molar-refractivity contribution in [1.82, 2.24) is 20.4 Å². The molecule has 1 saturated heterocycles. The van der Waals surface area contributed by atoms with Crippen molar-refractivity contribution in [2.75, 3.05) is 33.3 Å². The van der Waals surface area contributed by atoms with Crippen LogP contribution >= 0.6 is 0 Å². The third kappa shape index (κ3) is 3.49. The van der Waals surface area contributed by atoms with E-state index in [9.17, 15) is 4.79 Å². The molecule has 2 aromatic rings. The Morgan fingerprint density at radius 3 is 3.13 bits per heavy atom. The van der Waals surface area contributed by atoms with Crippen LogP contribution in [0.4, 0.5) is 0 Å². The summed E-state index contributed by atoms with van der Waals surface area (Å²) in [5.74, 6) is 0.927. The molecule has 122 valence electrons. The van der Waals surface area contributed by atoms with Gasteiger partial charge in [-0.1, -0.05) is 17.3 Å². The van der Waals surface area contributed by atoms with Gasteiger partial charge in [-0.25, -0.2) is 0 Å². The van der Waals surface area contributed by atoms with Gasteiger partial charge in [0.15, 0.2) is 12.4 Å². The van der Waals surface area contributed by atoms with E-state index >= 15 is 0 Å². The number of carbonyl (C=O) groups is 1. The fourth-order valence-electron chi connectivity index (χ4n) is 2.49. The third-order valence-corrected chi connectivity index (χ3v) is 3.74. The third-order valence-electron chi connectivity index (χ3n) is 3.74. The molecule has 1 aromatic heterocycles. The number of hydrogen-bond acceptors (Lipinski definition) is 7. The van der Waals surface area contributed by atoms with Gasteiger partial charge in [-0.2, -0.15) is 4.98 Å². The molecule has 1 aliphatic heterocycles. The van der Waals surface area contributed by atoms with Crippen LogP contribution in [0, 0.1) is 0 Å². The maximum atomic E-state index is 10.9. The number of amides is 1. The van der Waals surface area contributed by atoms with Gasteiger partial charge in [0.25, 0.3) is 11.8 Å². The zero-order chi connectivity index (χ0) is 16.2. The first-order chi connectivity index (χ1) is 11.1. The minimum Gasteiger partial charge on any atom is -0.483 e. The molecule has 3 N–H and O–H groups in total. The van der Waals surface area contributed by atoms with E-state index in [2.05, 4.69) is 20.4 Å². The van der Waals surface area contributed by atoms with Crippen molar-refractivity contribution in [3.05, 3.63) is 30.1 Å². The molecule has 1 unspecified atom stereocenters. The number of aromatic nitrogens is 2. The molecule has 1 fully saturated rings. The highest BCUT2D eigenvalue weighted by molar-refractivity contribution is 5.75. The van der Waals surface area contributed by atoms with Gasteiger partial charge in [0.1, 0.15) is 5.75 Å². The summed E-state index contributed by atoms with van der Waals surface area (Å²) in [6, 6.07) is 7.24. The molecule has 0 radical (unpaired) electrons. The number of para-hydroxylation sites is 1. The van der Waals surface area contributed by atoms with E-state index in [1.165, 1.54) is 0 Å². The van der Waals surface area contributed by atoms with Crippen molar-refractivity contribution < 1.29 is 14.1 Å². The first-order valence-corrected chi connectivity index (χ1v) is 7.40. The number of nitrogens with two attached hydrogens (primary N) is 1. The normalized spacial score (nSPS) is 18.7. The van der Waals surface area contributed by atoms with E-state index in [4.69, 9.17) is 15.0 Å². The average Bonchev–Trinajstić information content (AvgIpc) is 3.03.